The van der Waals surface area contributed by atoms with Crippen LogP contribution in [-0.2, 0) is 6.42 Å². The van der Waals surface area contributed by atoms with Crippen molar-refractivity contribution >= 4 is 12.2 Å². The topological polar surface area (TPSA) is 25.8 Å². The average Bonchev–Trinajstić information content (AvgIpc) is 2.46. The Kier molecular flexibility index (Phi) is 3.16. The van der Waals surface area contributed by atoms with Crippen LogP contribution in [0.15, 0.2) is 30.3 Å². The number of rotatable bonds is 2. The van der Waals surface area contributed by atoms with Crippen LogP contribution in [0.1, 0.15) is 26.0 Å². The van der Waals surface area contributed by atoms with Crippen molar-refractivity contribution < 1.29 is 0 Å². The summed E-state index contributed by atoms with van der Waals surface area (Å²) >= 11 is 0. The van der Waals surface area contributed by atoms with Crippen molar-refractivity contribution in [1.29, 1.82) is 0 Å². The molecule has 0 N–H and O–H groups in total. The van der Waals surface area contributed by atoms with Gasteiger partial charge in [0.1, 0.15) is 0 Å². The Morgan fingerprint density at radius 1 is 1.16 bits per heavy atom. The minimum atomic E-state index is 0.565. The molecule has 0 aliphatic heterocycles. The molecule has 0 radical (unpaired) electrons. The maximum absolute atomic E-state index is 4.74. The van der Waals surface area contributed by atoms with Gasteiger partial charge in [-0.05, 0) is 18.8 Å². The van der Waals surface area contributed by atoms with Gasteiger partial charge in [-0.1, -0.05) is 56.3 Å². The van der Waals surface area contributed by atoms with E-state index in [1.165, 1.54) is 5.22 Å². The zero-order valence-corrected chi connectivity index (χ0v) is 11.4. The highest BCUT2D eigenvalue weighted by Gasteiger charge is 2.09. The molecule has 1 heterocycles. The van der Waals surface area contributed by atoms with Gasteiger partial charge in [0.25, 0.3) is 0 Å². The molecular formula is C17H18N2. The Balaban J connectivity index is 2.25. The Bertz CT molecular complexity index is 702. The lowest BCUT2D eigenvalue weighted by Gasteiger charge is -2.11. The quantitative estimate of drug-likeness (QED) is 0.817. The molecule has 2 nitrogen and oxygen atoms in total. The molecule has 3 rings (SSSR count). The monoisotopic (exact) mass is 250 g/mol. The van der Waals surface area contributed by atoms with E-state index in [-0.39, 0.29) is 0 Å². The van der Waals surface area contributed by atoms with Gasteiger partial charge < -0.3 is 0 Å². The summed E-state index contributed by atoms with van der Waals surface area (Å²) < 4.78 is 0. The Hall–Kier alpha value is -1.96. The smallest absolute Gasteiger partial charge is 0.160 e. The van der Waals surface area contributed by atoms with Crippen molar-refractivity contribution in [2.24, 2.45) is 5.92 Å². The molecule has 0 saturated heterocycles. The summed E-state index contributed by atoms with van der Waals surface area (Å²) in [6.07, 6.45) is 6.59. The largest absolute Gasteiger partial charge is 0.232 e. The standard InChI is InChI=1S/C17H18N2/c1-3-15-14-10-9-12(2)11-16(14)19-17(18-15)13-7-5-4-6-8-13/h4-8,10-12H,3,9H2,1-2H3/t12-/m1/s1. The average molecular weight is 250 g/mol. The predicted octanol–water partition coefficient (Wildman–Crippen LogP) is 2.31. The number of nitrogens with zero attached hydrogens (tertiary/aromatic N) is 2. The van der Waals surface area contributed by atoms with E-state index in [1.54, 1.807) is 0 Å². The maximum Gasteiger partial charge on any atom is 0.160 e. The molecule has 0 saturated carbocycles. The maximum atomic E-state index is 4.74. The molecule has 1 atom stereocenters. The minimum absolute atomic E-state index is 0.565. The van der Waals surface area contributed by atoms with E-state index < -0.39 is 0 Å². The molecular weight excluding hydrogens is 232 g/mol. The van der Waals surface area contributed by atoms with Crippen LogP contribution < -0.4 is 10.6 Å². The van der Waals surface area contributed by atoms with Gasteiger partial charge in [0.15, 0.2) is 5.82 Å². The van der Waals surface area contributed by atoms with Crippen LogP contribution in [0.5, 0.6) is 0 Å². The lowest BCUT2D eigenvalue weighted by Crippen LogP contribution is -2.36. The summed E-state index contributed by atoms with van der Waals surface area (Å²) in [5.41, 5.74) is 2.25. The Labute approximate surface area is 113 Å². The van der Waals surface area contributed by atoms with E-state index in [4.69, 9.17) is 9.97 Å². The van der Waals surface area contributed by atoms with Gasteiger partial charge in [0.05, 0.1) is 11.0 Å². The fourth-order valence-electron chi connectivity index (χ4n) is 2.51. The number of fused-ring (bicyclic) bond motifs is 1. The van der Waals surface area contributed by atoms with E-state index >= 15 is 0 Å². The molecule has 0 amide bonds. The van der Waals surface area contributed by atoms with Gasteiger partial charge in [0, 0.05) is 10.8 Å². The fourth-order valence-corrected chi connectivity index (χ4v) is 2.51. The number of hydrogen-bond acceptors (Lipinski definition) is 2. The molecule has 1 aliphatic carbocycles. The summed E-state index contributed by atoms with van der Waals surface area (Å²) in [5.74, 6) is 1.41. The van der Waals surface area contributed by atoms with Crippen molar-refractivity contribution in [2.75, 3.05) is 0 Å². The third kappa shape index (κ3) is 2.30. The molecule has 0 bridgehead atoms. The van der Waals surface area contributed by atoms with E-state index in [1.807, 2.05) is 18.2 Å². The van der Waals surface area contributed by atoms with Gasteiger partial charge >= 0.3 is 0 Å². The van der Waals surface area contributed by atoms with Gasteiger partial charge in [-0.15, -0.1) is 0 Å². The highest BCUT2D eigenvalue weighted by molar-refractivity contribution is 5.55. The first-order valence-electron chi connectivity index (χ1n) is 6.92. The number of aryl methyl sites for hydroxylation is 1. The van der Waals surface area contributed by atoms with Crippen molar-refractivity contribution in [3.05, 3.63) is 46.6 Å². The second kappa shape index (κ2) is 4.96. The summed E-state index contributed by atoms with van der Waals surface area (Å²) in [6.45, 7) is 4.39. The molecule has 19 heavy (non-hydrogen) atoms. The van der Waals surface area contributed by atoms with Crippen molar-refractivity contribution in [2.45, 2.75) is 26.7 Å². The molecule has 2 heteroatoms. The first-order chi connectivity index (χ1) is 9.28. The van der Waals surface area contributed by atoms with Gasteiger partial charge in [-0.3, -0.25) is 0 Å². The lowest BCUT2D eigenvalue weighted by molar-refractivity contribution is 0.787. The number of hydrogen-bond donors (Lipinski definition) is 0. The third-order valence-electron chi connectivity index (χ3n) is 3.56. The van der Waals surface area contributed by atoms with Crippen LogP contribution in [0.2, 0.25) is 0 Å². The summed E-state index contributed by atoms with van der Waals surface area (Å²) in [5, 5.41) is 2.34. The van der Waals surface area contributed by atoms with Crippen LogP contribution in [0.3, 0.4) is 0 Å². The molecule has 0 spiro atoms. The predicted molar refractivity (Wildman–Crippen MR) is 78.8 cm³/mol. The van der Waals surface area contributed by atoms with E-state index in [2.05, 4.69) is 38.1 Å². The summed E-state index contributed by atoms with van der Waals surface area (Å²) in [4.78, 5) is 9.48. The van der Waals surface area contributed by atoms with Crippen molar-refractivity contribution in [3.8, 4) is 11.4 Å². The van der Waals surface area contributed by atoms with Crippen LogP contribution >= 0.6 is 0 Å². The molecule has 96 valence electrons. The van der Waals surface area contributed by atoms with E-state index in [9.17, 15) is 0 Å². The fraction of sp³-hybridized carbons (Fsp3) is 0.294. The Morgan fingerprint density at radius 3 is 2.68 bits per heavy atom. The van der Waals surface area contributed by atoms with Crippen LogP contribution in [0.4, 0.5) is 0 Å². The summed E-state index contributed by atoms with van der Waals surface area (Å²) in [6, 6.07) is 10.2. The Morgan fingerprint density at radius 2 is 1.95 bits per heavy atom. The van der Waals surface area contributed by atoms with Crippen LogP contribution in [-0.4, -0.2) is 9.97 Å². The van der Waals surface area contributed by atoms with Crippen LogP contribution in [0, 0.1) is 5.92 Å². The SMILES string of the molecule is CCc1nc(-c2ccccc2)nc2c1=CC[C@@H](C)C=2. The normalized spacial score (nSPS) is 17.3. The highest BCUT2D eigenvalue weighted by atomic mass is 14.9. The number of benzene rings is 1. The number of aromatic nitrogens is 2. The molecule has 0 fully saturated rings. The second-order valence-corrected chi connectivity index (χ2v) is 5.10. The van der Waals surface area contributed by atoms with Crippen LogP contribution in [0.25, 0.3) is 23.5 Å². The molecule has 0 unspecified atom stereocenters. The van der Waals surface area contributed by atoms with Crippen molar-refractivity contribution in [1.82, 2.24) is 9.97 Å². The van der Waals surface area contributed by atoms with Gasteiger partial charge in [0.2, 0.25) is 0 Å². The van der Waals surface area contributed by atoms with Gasteiger partial charge in [-0.25, -0.2) is 9.97 Å². The van der Waals surface area contributed by atoms with E-state index in [0.717, 1.165) is 35.3 Å². The molecule has 2 aromatic rings. The zero-order chi connectivity index (χ0) is 13.2. The van der Waals surface area contributed by atoms with Crippen molar-refractivity contribution in [3.63, 3.8) is 0 Å². The molecule has 1 aromatic heterocycles. The lowest BCUT2D eigenvalue weighted by atomic mass is 10.0. The first-order valence-corrected chi connectivity index (χ1v) is 6.92. The third-order valence-corrected chi connectivity index (χ3v) is 3.56. The molecule has 1 aromatic carbocycles. The van der Waals surface area contributed by atoms with E-state index in [0.29, 0.717) is 5.92 Å². The van der Waals surface area contributed by atoms with Gasteiger partial charge in [-0.2, -0.15) is 0 Å². The first kappa shape index (κ1) is 12.1. The highest BCUT2D eigenvalue weighted by Crippen LogP contribution is 2.13. The second-order valence-electron chi connectivity index (χ2n) is 5.10. The molecule has 1 aliphatic rings. The summed E-state index contributed by atoms with van der Waals surface area (Å²) in [7, 11) is 0. The zero-order valence-electron chi connectivity index (χ0n) is 11.4. The minimum Gasteiger partial charge on any atom is -0.232 e.